The Morgan fingerprint density at radius 3 is 2.45 bits per heavy atom. The summed E-state index contributed by atoms with van der Waals surface area (Å²) in [5.74, 6) is 0.221. The molecule has 2 aliphatic heterocycles. The quantitative estimate of drug-likeness (QED) is 0.323. The van der Waals surface area contributed by atoms with E-state index in [9.17, 15) is 14.7 Å². The second kappa shape index (κ2) is 14.6. The Morgan fingerprint density at radius 1 is 1.00 bits per heavy atom. The number of hydrogen-bond acceptors (Lipinski definition) is 7. The van der Waals surface area contributed by atoms with Crippen LogP contribution < -0.4 is 5.32 Å². The van der Waals surface area contributed by atoms with Crippen LogP contribution in [-0.2, 0) is 9.53 Å². The Hall–Kier alpha value is -2.94. The van der Waals surface area contributed by atoms with Crippen LogP contribution in [0, 0.1) is 0 Å². The van der Waals surface area contributed by atoms with Crippen LogP contribution in [0.25, 0.3) is 0 Å². The third kappa shape index (κ3) is 8.05. The predicted molar refractivity (Wildman–Crippen MR) is 157 cm³/mol. The second-order valence-electron chi connectivity index (χ2n) is 11.2. The SMILES string of the molecule is CCOC(=O)CCCCCN1CCN(C(=O)c2cccc([C@H](c3cccc(O)c3)N3C[C@@H](C)NC[C@@H]3C)c2)CC1. The third-order valence-electron chi connectivity index (χ3n) is 8.10. The molecule has 4 rings (SSSR count). The molecule has 8 heteroatoms. The van der Waals surface area contributed by atoms with E-state index in [0.29, 0.717) is 43.8 Å². The zero-order chi connectivity index (χ0) is 28.5. The molecule has 0 bridgehead atoms. The number of carbonyl (C=O) groups excluding carboxylic acids is 2. The molecule has 2 aromatic carbocycles. The van der Waals surface area contributed by atoms with E-state index in [2.05, 4.69) is 41.1 Å². The van der Waals surface area contributed by atoms with Crippen LogP contribution in [0.1, 0.15) is 74.0 Å². The fourth-order valence-corrected chi connectivity index (χ4v) is 5.89. The molecule has 0 spiro atoms. The number of nitrogens with zero attached hydrogens (tertiary/aromatic N) is 3. The molecule has 0 radical (unpaired) electrons. The normalized spacial score (nSPS) is 21.2. The molecule has 0 unspecified atom stereocenters. The molecule has 2 fully saturated rings. The number of hydrogen-bond donors (Lipinski definition) is 2. The van der Waals surface area contributed by atoms with Gasteiger partial charge < -0.3 is 20.1 Å². The number of nitrogens with one attached hydrogen (secondary N) is 1. The highest BCUT2D eigenvalue weighted by molar-refractivity contribution is 5.94. The van der Waals surface area contributed by atoms with E-state index in [1.807, 2.05) is 42.2 Å². The van der Waals surface area contributed by atoms with E-state index >= 15 is 0 Å². The number of esters is 1. The highest BCUT2D eigenvalue weighted by Crippen LogP contribution is 2.33. The first-order valence-corrected chi connectivity index (χ1v) is 14.9. The van der Waals surface area contributed by atoms with Crippen molar-refractivity contribution in [2.45, 2.75) is 64.6 Å². The summed E-state index contributed by atoms with van der Waals surface area (Å²) in [6.45, 7) is 12.6. The minimum atomic E-state index is -0.107. The van der Waals surface area contributed by atoms with Crippen LogP contribution in [0.15, 0.2) is 48.5 Å². The lowest BCUT2D eigenvalue weighted by Gasteiger charge is -2.43. The Labute approximate surface area is 239 Å². The number of rotatable bonds is 11. The fraction of sp³-hybridized carbons (Fsp3) is 0.562. The molecule has 2 saturated heterocycles. The van der Waals surface area contributed by atoms with Crippen molar-refractivity contribution in [2.75, 3.05) is 52.4 Å². The first kappa shape index (κ1) is 30.0. The molecule has 218 valence electrons. The maximum Gasteiger partial charge on any atom is 0.305 e. The van der Waals surface area contributed by atoms with E-state index in [1.54, 1.807) is 6.07 Å². The van der Waals surface area contributed by atoms with Crippen molar-refractivity contribution < 1.29 is 19.4 Å². The highest BCUT2D eigenvalue weighted by atomic mass is 16.5. The van der Waals surface area contributed by atoms with Crippen molar-refractivity contribution in [1.29, 1.82) is 0 Å². The summed E-state index contributed by atoms with van der Waals surface area (Å²) >= 11 is 0. The van der Waals surface area contributed by atoms with Gasteiger partial charge in [-0.2, -0.15) is 0 Å². The minimum absolute atomic E-state index is 0.0555. The number of ether oxygens (including phenoxy) is 1. The molecule has 0 aromatic heterocycles. The molecule has 2 aromatic rings. The smallest absolute Gasteiger partial charge is 0.305 e. The first-order chi connectivity index (χ1) is 19.4. The fourth-order valence-electron chi connectivity index (χ4n) is 5.89. The van der Waals surface area contributed by atoms with Gasteiger partial charge in [-0.3, -0.25) is 19.4 Å². The molecule has 3 atom stereocenters. The van der Waals surface area contributed by atoms with Gasteiger partial charge in [0.15, 0.2) is 0 Å². The largest absolute Gasteiger partial charge is 0.508 e. The summed E-state index contributed by atoms with van der Waals surface area (Å²) in [6, 6.07) is 16.2. The lowest BCUT2D eigenvalue weighted by Crippen LogP contribution is -2.55. The average Bonchev–Trinajstić information content (AvgIpc) is 2.95. The van der Waals surface area contributed by atoms with Crippen LogP contribution in [0.3, 0.4) is 0 Å². The van der Waals surface area contributed by atoms with Crippen molar-refractivity contribution in [3.8, 4) is 5.75 Å². The van der Waals surface area contributed by atoms with Gasteiger partial charge in [-0.15, -0.1) is 0 Å². The predicted octanol–water partition coefficient (Wildman–Crippen LogP) is 4.05. The Morgan fingerprint density at radius 2 is 1.73 bits per heavy atom. The Bertz CT molecular complexity index is 1120. The number of piperazine rings is 2. The van der Waals surface area contributed by atoms with Crippen molar-refractivity contribution in [3.63, 3.8) is 0 Å². The first-order valence-electron chi connectivity index (χ1n) is 14.9. The van der Waals surface area contributed by atoms with Gasteiger partial charge in [0.05, 0.1) is 12.6 Å². The maximum atomic E-state index is 13.6. The standard InChI is InChI=1S/C32H46N4O4/c1-4-40-30(38)14-6-5-7-15-34-16-18-35(19-17-34)32(39)28-12-8-10-26(20-28)31(27-11-9-13-29(37)21-27)36-23-24(2)33-22-25(36)3/h8-13,20-21,24-25,31,33,37H,4-7,14-19,22-23H2,1-3H3/t24-,25+,31-/m1/s1. The van der Waals surface area contributed by atoms with Crippen molar-refractivity contribution in [3.05, 3.63) is 65.2 Å². The zero-order valence-electron chi connectivity index (χ0n) is 24.3. The molecule has 0 aliphatic carbocycles. The van der Waals surface area contributed by atoms with Crippen LogP contribution in [0.2, 0.25) is 0 Å². The molecular formula is C32H46N4O4. The average molecular weight is 551 g/mol. The van der Waals surface area contributed by atoms with Gasteiger partial charge in [0.25, 0.3) is 5.91 Å². The number of phenolic OH excluding ortho intramolecular Hbond substituents is 1. The van der Waals surface area contributed by atoms with Crippen molar-refractivity contribution in [1.82, 2.24) is 20.0 Å². The topological polar surface area (TPSA) is 85.3 Å². The lowest BCUT2D eigenvalue weighted by molar-refractivity contribution is -0.143. The lowest BCUT2D eigenvalue weighted by atomic mass is 9.92. The van der Waals surface area contributed by atoms with E-state index in [-0.39, 0.29) is 23.7 Å². The van der Waals surface area contributed by atoms with E-state index < -0.39 is 0 Å². The molecule has 40 heavy (non-hydrogen) atoms. The molecule has 2 heterocycles. The zero-order valence-corrected chi connectivity index (χ0v) is 24.3. The van der Waals surface area contributed by atoms with Crippen molar-refractivity contribution >= 4 is 11.9 Å². The van der Waals surface area contributed by atoms with Gasteiger partial charge in [0.1, 0.15) is 5.75 Å². The Balaban J connectivity index is 1.38. The van der Waals surface area contributed by atoms with Gasteiger partial charge in [-0.1, -0.05) is 30.7 Å². The summed E-state index contributed by atoms with van der Waals surface area (Å²) in [7, 11) is 0. The minimum Gasteiger partial charge on any atom is -0.508 e. The van der Waals surface area contributed by atoms with E-state index in [0.717, 1.165) is 63.1 Å². The summed E-state index contributed by atoms with van der Waals surface area (Å²) in [5, 5.41) is 13.8. The molecule has 2 N–H and O–H groups in total. The second-order valence-corrected chi connectivity index (χ2v) is 11.2. The molecule has 2 aliphatic rings. The summed E-state index contributed by atoms with van der Waals surface area (Å²) in [4.78, 5) is 31.9. The Kier molecular flexibility index (Phi) is 11.0. The summed E-state index contributed by atoms with van der Waals surface area (Å²) < 4.78 is 4.99. The number of unbranched alkanes of at least 4 members (excludes halogenated alkanes) is 2. The van der Waals surface area contributed by atoms with Gasteiger partial charge >= 0.3 is 5.97 Å². The number of phenols is 1. The van der Waals surface area contributed by atoms with Crippen molar-refractivity contribution in [2.24, 2.45) is 0 Å². The maximum absolute atomic E-state index is 13.6. The number of aromatic hydroxyl groups is 1. The van der Waals surface area contributed by atoms with E-state index in [4.69, 9.17) is 4.74 Å². The van der Waals surface area contributed by atoms with E-state index in [1.165, 1.54) is 0 Å². The molecule has 8 nitrogen and oxygen atoms in total. The van der Waals surface area contributed by atoms with Crippen LogP contribution >= 0.6 is 0 Å². The number of benzene rings is 2. The summed E-state index contributed by atoms with van der Waals surface area (Å²) in [6.07, 6.45) is 3.42. The number of carbonyl (C=O) groups is 2. The van der Waals surface area contributed by atoms with Gasteiger partial charge in [0.2, 0.25) is 0 Å². The van der Waals surface area contributed by atoms with Gasteiger partial charge in [0, 0.05) is 63.3 Å². The van der Waals surface area contributed by atoms with Crippen LogP contribution in [-0.4, -0.2) is 96.2 Å². The monoisotopic (exact) mass is 550 g/mol. The third-order valence-corrected chi connectivity index (χ3v) is 8.10. The van der Waals surface area contributed by atoms with Gasteiger partial charge in [-0.25, -0.2) is 0 Å². The van der Waals surface area contributed by atoms with Crippen LogP contribution in [0.5, 0.6) is 5.75 Å². The van der Waals surface area contributed by atoms with Crippen LogP contribution in [0.4, 0.5) is 0 Å². The van der Waals surface area contributed by atoms with Gasteiger partial charge in [-0.05, 0) is 75.5 Å². The molecule has 1 amide bonds. The molecule has 0 saturated carbocycles. The molecular weight excluding hydrogens is 504 g/mol. The summed E-state index contributed by atoms with van der Waals surface area (Å²) in [5.41, 5.74) is 2.81. The highest BCUT2D eigenvalue weighted by Gasteiger charge is 2.32. The number of amides is 1.